The Morgan fingerprint density at radius 3 is 2.73 bits per heavy atom. The molecule has 0 unspecified atom stereocenters. The highest BCUT2D eigenvalue weighted by Crippen LogP contribution is 2.07. The molecule has 0 aromatic heterocycles. The molecule has 4 nitrogen and oxygen atoms in total. The Balaban J connectivity index is 2.90. The molecule has 0 saturated heterocycles. The summed E-state index contributed by atoms with van der Waals surface area (Å²) in [5, 5.41) is 6.90. The molecule has 0 amide bonds. The summed E-state index contributed by atoms with van der Waals surface area (Å²) >= 11 is 0. The lowest BCUT2D eigenvalue weighted by Crippen LogP contribution is -2.21. The third kappa shape index (κ3) is 3.12. The van der Waals surface area contributed by atoms with Crippen molar-refractivity contribution >= 4 is 12.2 Å². The Morgan fingerprint density at radius 2 is 2.20 bits per heavy atom. The minimum absolute atomic E-state index is 0.160. The number of halogens is 1. The van der Waals surface area contributed by atoms with Gasteiger partial charge in [-0.1, -0.05) is 12.0 Å². The zero-order valence-corrected chi connectivity index (χ0v) is 7.81. The first-order valence-corrected chi connectivity index (χ1v) is 4.01. The molecule has 0 bridgehead atoms. The van der Waals surface area contributed by atoms with Crippen molar-refractivity contribution in [2.24, 2.45) is 21.7 Å². The Kier molecular flexibility index (Phi) is 3.41. The minimum Gasteiger partial charge on any atom is -0.369 e. The molecule has 1 rings (SSSR count). The summed E-state index contributed by atoms with van der Waals surface area (Å²) in [7, 11) is 0. The molecular formula is C10H9FN4. The van der Waals surface area contributed by atoms with Gasteiger partial charge >= 0.3 is 0 Å². The number of terminal acetylenes is 1. The van der Waals surface area contributed by atoms with E-state index in [1.165, 1.54) is 18.3 Å². The summed E-state index contributed by atoms with van der Waals surface area (Å²) in [4.78, 5) is 0. The van der Waals surface area contributed by atoms with Crippen molar-refractivity contribution in [2.75, 3.05) is 0 Å². The number of hydrogen-bond acceptors (Lipinski definition) is 2. The topological polar surface area (TPSA) is 76.8 Å². The highest BCUT2D eigenvalue weighted by Gasteiger charge is 1.98. The van der Waals surface area contributed by atoms with E-state index in [0.29, 0.717) is 5.56 Å². The fourth-order valence-electron chi connectivity index (χ4n) is 0.891. The number of nitrogens with zero attached hydrogens (tertiary/aromatic N) is 2. The highest BCUT2D eigenvalue weighted by atomic mass is 19.1. The van der Waals surface area contributed by atoms with Gasteiger partial charge in [-0.25, -0.2) is 4.39 Å². The van der Waals surface area contributed by atoms with Gasteiger partial charge in [0, 0.05) is 0 Å². The highest BCUT2D eigenvalue weighted by molar-refractivity contribution is 5.81. The van der Waals surface area contributed by atoms with Crippen LogP contribution in [0.3, 0.4) is 0 Å². The van der Waals surface area contributed by atoms with Crippen LogP contribution in [0, 0.1) is 18.2 Å². The summed E-state index contributed by atoms with van der Waals surface area (Å²) < 4.78 is 13.1. The molecule has 0 aliphatic carbocycles. The predicted molar refractivity (Wildman–Crippen MR) is 57.7 cm³/mol. The fourth-order valence-corrected chi connectivity index (χ4v) is 0.891. The zero-order valence-electron chi connectivity index (χ0n) is 7.81. The van der Waals surface area contributed by atoms with Crippen LogP contribution in [0.4, 0.5) is 4.39 Å². The number of nitrogens with two attached hydrogens (primary N) is 2. The van der Waals surface area contributed by atoms with Gasteiger partial charge in [0.15, 0.2) is 0 Å². The second-order valence-corrected chi connectivity index (χ2v) is 2.65. The Morgan fingerprint density at radius 1 is 1.47 bits per heavy atom. The van der Waals surface area contributed by atoms with Gasteiger partial charge in [0.05, 0.1) is 11.8 Å². The van der Waals surface area contributed by atoms with Gasteiger partial charge in [0.25, 0.3) is 0 Å². The number of benzene rings is 1. The zero-order chi connectivity index (χ0) is 11.3. The molecule has 0 heterocycles. The van der Waals surface area contributed by atoms with Crippen molar-refractivity contribution in [3.63, 3.8) is 0 Å². The molecule has 15 heavy (non-hydrogen) atoms. The molecule has 76 valence electrons. The van der Waals surface area contributed by atoms with Gasteiger partial charge in [0.1, 0.15) is 5.82 Å². The monoisotopic (exact) mass is 204 g/mol. The molecule has 0 saturated carbocycles. The van der Waals surface area contributed by atoms with Gasteiger partial charge in [0.2, 0.25) is 5.96 Å². The van der Waals surface area contributed by atoms with Gasteiger partial charge in [-0.3, -0.25) is 0 Å². The van der Waals surface area contributed by atoms with Crippen molar-refractivity contribution in [3.05, 3.63) is 35.1 Å². The SMILES string of the molecule is C#Cc1ccc(C=NN=C(N)N)cc1F. The van der Waals surface area contributed by atoms with E-state index in [2.05, 4.69) is 16.1 Å². The minimum atomic E-state index is -0.480. The summed E-state index contributed by atoms with van der Waals surface area (Å²) in [6.07, 6.45) is 6.38. The Hall–Kier alpha value is -2.35. The standard InChI is InChI=1S/C10H9FN4/c1-2-8-4-3-7(5-9(8)11)6-14-15-10(12)13/h1,3-6H,(H4,12,13,15). The van der Waals surface area contributed by atoms with Crippen LogP contribution < -0.4 is 11.5 Å². The van der Waals surface area contributed by atoms with Crippen LogP contribution in [0.5, 0.6) is 0 Å². The lowest BCUT2D eigenvalue weighted by molar-refractivity contribution is 0.624. The summed E-state index contributed by atoms with van der Waals surface area (Å²) in [5.74, 6) is 1.57. The average molecular weight is 204 g/mol. The van der Waals surface area contributed by atoms with Crippen LogP contribution in [0.15, 0.2) is 28.4 Å². The summed E-state index contributed by atoms with van der Waals surface area (Å²) in [6, 6.07) is 4.34. The number of guanidine groups is 1. The first-order valence-electron chi connectivity index (χ1n) is 4.01. The van der Waals surface area contributed by atoms with Crippen LogP contribution in [0.2, 0.25) is 0 Å². The van der Waals surface area contributed by atoms with Crippen LogP contribution in [0.25, 0.3) is 0 Å². The summed E-state index contributed by atoms with van der Waals surface area (Å²) in [6.45, 7) is 0. The Bertz CT molecular complexity index is 453. The van der Waals surface area contributed by atoms with E-state index >= 15 is 0 Å². The maximum absolute atomic E-state index is 13.1. The van der Waals surface area contributed by atoms with Crippen molar-refractivity contribution in [2.45, 2.75) is 0 Å². The van der Waals surface area contributed by atoms with E-state index in [1.54, 1.807) is 6.07 Å². The lowest BCUT2D eigenvalue weighted by Gasteiger charge is -1.95. The van der Waals surface area contributed by atoms with Crippen molar-refractivity contribution < 1.29 is 4.39 Å². The molecular weight excluding hydrogens is 195 g/mol. The Labute approximate surface area is 86.5 Å². The maximum atomic E-state index is 13.1. The first-order chi connectivity index (χ1) is 7.13. The van der Waals surface area contributed by atoms with Crippen LogP contribution >= 0.6 is 0 Å². The van der Waals surface area contributed by atoms with Gasteiger partial charge < -0.3 is 11.5 Å². The van der Waals surface area contributed by atoms with Crippen molar-refractivity contribution in [1.82, 2.24) is 0 Å². The number of hydrogen-bond donors (Lipinski definition) is 2. The van der Waals surface area contributed by atoms with Crippen LogP contribution in [-0.2, 0) is 0 Å². The third-order valence-electron chi connectivity index (χ3n) is 1.53. The molecule has 0 atom stereocenters. The molecule has 0 radical (unpaired) electrons. The van der Waals surface area contributed by atoms with Gasteiger partial charge in [-0.15, -0.1) is 11.5 Å². The van der Waals surface area contributed by atoms with Crippen molar-refractivity contribution in [3.8, 4) is 12.3 Å². The lowest BCUT2D eigenvalue weighted by atomic mass is 10.1. The van der Waals surface area contributed by atoms with E-state index in [9.17, 15) is 4.39 Å². The van der Waals surface area contributed by atoms with Crippen molar-refractivity contribution in [1.29, 1.82) is 0 Å². The van der Waals surface area contributed by atoms with Gasteiger partial charge in [-0.05, 0) is 17.7 Å². The van der Waals surface area contributed by atoms with E-state index in [0.717, 1.165) is 0 Å². The molecule has 5 heteroatoms. The molecule has 1 aromatic carbocycles. The van der Waals surface area contributed by atoms with Gasteiger partial charge in [-0.2, -0.15) is 5.10 Å². The molecule has 0 fully saturated rings. The molecule has 1 aromatic rings. The van der Waals surface area contributed by atoms with Crippen LogP contribution in [0.1, 0.15) is 11.1 Å². The summed E-state index contributed by atoms with van der Waals surface area (Å²) in [5.41, 5.74) is 10.8. The van der Waals surface area contributed by atoms with E-state index < -0.39 is 5.82 Å². The maximum Gasteiger partial charge on any atom is 0.211 e. The second kappa shape index (κ2) is 4.77. The number of rotatable bonds is 2. The average Bonchev–Trinajstić information content (AvgIpc) is 2.17. The van der Waals surface area contributed by atoms with E-state index in [-0.39, 0.29) is 11.5 Å². The predicted octanol–water partition coefficient (Wildman–Crippen LogP) is 0.414. The molecule has 0 aliphatic heterocycles. The van der Waals surface area contributed by atoms with E-state index in [4.69, 9.17) is 17.9 Å². The molecule has 4 N–H and O–H groups in total. The first kappa shape index (κ1) is 10.7. The van der Waals surface area contributed by atoms with Crippen LogP contribution in [-0.4, -0.2) is 12.2 Å². The second-order valence-electron chi connectivity index (χ2n) is 2.65. The van der Waals surface area contributed by atoms with E-state index in [1.807, 2.05) is 0 Å². The molecule has 0 spiro atoms. The fraction of sp³-hybridized carbons (Fsp3) is 0. The normalized spacial score (nSPS) is 9.87. The molecule has 0 aliphatic rings. The largest absolute Gasteiger partial charge is 0.369 e. The third-order valence-corrected chi connectivity index (χ3v) is 1.53. The smallest absolute Gasteiger partial charge is 0.211 e. The quantitative estimate of drug-likeness (QED) is 0.317.